The molecule has 0 bridgehead atoms. The Morgan fingerprint density at radius 2 is 1.71 bits per heavy atom. The first kappa shape index (κ1) is 27.0. The molecule has 0 spiro atoms. The summed E-state index contributed by atoms with van der Waals surface area (Å²) in [5, 5.41) is 11.2. The topological polar surface area (TPSA) is 75.1 Å². The van der Waals surface area contributed by atoms with Crippen molar-refractivity contribution in [2.45, 2.75) is 104 Å². The van der Waals surface area contributed by atoms with Crippen LogP contribution in [-0.4, -0.2) is 32.3 Å². The van der Waals surface area contributed by atoms with E-state index < -0.39 is 0 Å². The molecule has 3 rings (SSSR count). The molecular formula is C29H45N5O. The molecular weight excluding hydrogens is 434 g/mol. The molecule has 0 aliphatic carbocycles. The van der Waals surface area contributed by atoms with E-state index in [0.717, 1.165) is 49.0 Å². The van der Waals surface area contributed by atoms with Crippen LogP contribution >= 0.6 is 0 Å². The number of rotatable bonds is 13. The fourth-order valence-electron chi connectivity index (χ4n) is 4.43. The molecule has 0 radical (unpaired) electrons. The summed E-state index contributed by atoms with van der Waals surface area (Å²) >= 11 is 0. The van der Waals surface area contributed by atoms with Crippen LogP contribution in [0.2, 0.25) is 0 Å². The SMILES string of the molecule is CCCCCCC(CCCC)C(=O)NCC(C)c1ccc(-c2nc3cc(C(C)(C)C)[nH]n3n2)cc1. The van der Waals surface area contributed by atoms with E-state index in [4.69, 9.17) is 4.98 Å². The Hall–Kier alpha value is -2.63. The number of aromatic amines is 1. The van der Waals surface area contributed by atoms with Crippen molar-refractivity contribution in [3.63, 3.8) is 0 Å². The summed E-state index contributed by atoms with van der Waals surface area (Å²) < 4.78 is 1.75. The summed E-state index contributed by atoms with van der Waals surface area (Å²) in [7, 11) is 0. The van der Waals surface area contributed by atoms with E-state index in [0.29, 0.717) is 12.4 Å². The van der Waals surface area contributed by atoms with Gasteiger partial charge in [-0.05, 0) is 24.3 Å². The average molecular weight is 480 g/mol. The van der Waals surface area contributed by atoms with Gasteiger partial charge < -0.3 is 5.32 Å². The lowest BCUT2D eigenvalue weighted by atomic mass is 9.93. The van der Waals surface area contributed by atoms with E-state index in [1.165, 1.54) is 24.8 Å². The number of hydrogen-bond acceptors (Lipinski definition) is 3. The first-order chi connectivity index (χ1) is 16.7. The lowest BCUT2D eigenvalue weighted by Crippen LogP contribution is -2.33. The molecule has 2 atom stereocenters. The highest BCUT2D eigenvalue weighted by Crippen LogP contribution is 2.25. The van der Waals surface area contributed by atoms with Gasteiger partial charge in [0.05, 0.1) is 0 Å². The Balaban J connectivity index is 1.57. The first-order valence-corrected chi connectivity index (χ1v) is 13.6. The van der Waals surface area contributed by atoms with Gasteiger partial charge >= 0.3 is 0 Å². The van der Waals surface area contributed by atoms with Crippen LogP contribution in [0.4, 0.5) is 0 Å². The number of fused-ring (bicyclic) bond motifs is 1. The summed E-state index contributed by atoms with van der Waals surface area (Å²) in [5.41, 5.74) is 4.18. The fraction of sp³-hybridized carbons (Fsp3) is 0.621. The third-order valence-corrected chi connectivity index (χ3v) is 6.94. The van der Waals surface area contributed by atoms with Gasteiger partial charge in [0.1, 0.15) is 0 Å². The van der Waals surface area contributed by atoms with E-state index in [9.17, 15) is 4.79 Å². The van der Waals surface area contributed by atoms with Gasteiger partial charge in [-0.2, -0.15) is 4.63 Å². The Kier molecular flexibility index (Phi) is 9.53. The third kappa shape index (κ3) is 7.42. The molecule has 2 heterocycles. The van der Waals surface area contributed by atoms with Crippen molar-refractivity contribution >= 4 is 11.6 Å². The summed E-state index contributed by atoms with van der Waals surface area (Å²) in [6.45, 7) is 13.8. The highest BCUT2D eigenvalue weighted by molar-refractivity contribution is 5.78. The first-order valence-electron chi connectivity index (χ1n) is 13.6. The van der Waals surface area contributed by atoms with Crippen LogP contribution in [0.1, 0.15) is 110 Å². The smallest absolute Gasteiger partial charge is 0.223 e. The molecule has 6 heteroatoms. The van der Waals surface area contributed by atoms with Crippen molar-refractivity contribution in [1.29, 1.82) is 0 Å². The molecule has 0 fully saturated rings. The molecule has 2 N–H and O–H groups in total. The zero-order valence-corrected chi connectivity index (χ0v) is 22.7. The second-order valence-corrected chi connectivity index (χ2v) is 11.1. The minimum absolute atomic E-state index is 0.0286. The summed E-state index contributed by atoms with van der Waals surface area (Å²) in [6.07, 6.45) is 9.15. The summed E-state index contributed by atoms with van der Waals surface area (Å²) in [5.74, 6) is 1.34. The normalized spacial score (nSPS) is 13.8. The number of carbonyl (C=O) groups excluding carboxylic acids is 1. The molecule has 192 valence electrons. The Morgan fingerprint density at radius 3 is 2.34 bits per heavy atom. The molecule has 1 aromatic carbocycles. The van der Waals surface area contributed by atoms with Gasteiger partial charge in [-0.1, -0.05) is 104 Å². The van der Waals surface area contributed by atoms with Crippen LogP contribution in [-0.2, 0) is 10.2 Å². The Morgan fingerprint density at radius 1 is 1.03 bits per heavy atom. The summed E-state index contributed by atoms with van der Waals surface area (Å²) in [4.78, 5) is 17.6. The number of carbonyl (C=O) groups is 1. The Labute approximate surface area is 211 Å². The van der Waals surface area contributed by atoms with E-state index in [1.807, 2.05) is 0 Å². The molecule has 0 saturated heterocycles. The van der Waals surface area contributed by atoms with Gasteiger partial charge in [0.2, 0.25) is 5.91 Å². The zero-order valence-electron chi connectivity index (χ0n) is 22.7. The lowest BCUT2D eigenvalue weighted by Gasteiger charge is -2.19. The predicted molar refractivity (Wildman–Crippen MR) is 145 cm³/mol. The fourth-order valence-corrected chi connectivity index (χ4v) is 4.43. The molecule has 6 nitrogen and oxygen atoms in total. The van der Waals surface area contributed by atoms with Crippen molar-refractivity contribution in [1.82, 2.24) is 25.1 Å². The van der Waals surface area contributed by atoms with Crippen molar-refractivity contribution < 1.29 is 4.79 Å². The van der Waals surface area contributed by atoms with Gasteiger partial charge in [-0.25, -0.2) is 4.98 Å². The van der Waals surface area contributed by atoms with Crippen LogP contribution in [0, 0.1) is 5.92 Å². The van der Waals surface area contributed by atoms with Crippen molar-refractivity contribution in [2.75, 3.05) is 6.54 Å². The molecule has 0 saturated carbocycles. The second kappa shape index (κ2) is 12.4. The van der Waals surface area contributed by atoms with E-state index in [-0.39, 0.29) is 23.2 Å². The average Bonchev–Trinajstić information content (AvgIpc) is 3.42. The Bertz CT molecular complexity index is 1030. The van der Waals surface area contributed by atoms with E-state index in [2.05, 4.69) is 87.4 Å². The second-order valence-electron chi connectivity index (χ2n) is 11.1. The number of unbranched alkanes of at least 4 members (excludes halogenated alkanes) is 4. The van der Waals surface area contributed by atoms with E-state index >= 15 is 0 Å². The molecule has 2 aromatic heterocycles. The number of amides is 1. The minimum Gasteiger partial charge on any atom is -0.355 e. The van der Waals surface area contributed by atoms with Crippen LogP contribution in [0.5, 0.6) is 0 Å². The maximum absolute atomic E-state index is 12.9. The monoisotopic (exact) mass is 479 g/mol. The number of H-pyrrole nitrogens is 1. The van der Waals surface area contributed by atoms with Crippen LogP contribution < -0.4 is 5.32 Å². The van der Waals surface area contributed by atoms with Crippen LogP contribution in [0.3, 0.4) is 0 Å². The number of hydrogen-bond donors (Lipinski definition) is 2. The largest absolute Gasteiger partial charge is 0.355 e. The summed E-state index contributed by atoms with van der Waals surface area (Å²) in [6, 6.07) is 10.5. The van der Waals surface area contributed by atoms with E-state index in [1.54, 1.807) is 4.63 Å². The van der Waals surface area contributed by atoms with Crippen LogP contribution in [0.15, 0.2) is 30.3 Å². The van der Waals surface area contributed by atoms with Crippen molar-refractivity contribution in [3.8, 4) is 11.4 Å². The van der Waals surface area contributed by atoms with Gasteiger partial charge in [0.15, 0.2) is 11.5 Å². The molecule has 2 unspecified atom stereocenters. The lowest BCUT2D eigenvalue weighted by molar-refractivity contribution is -0.125. The van der Waals surface area contributed by atoms with Gasteiger partial charge in [0.25, 0.3) is 0 Å². The number of aromatic nitrogens is 4. The van der Waals surface area contributed by atoms with Crippen molar-refractivity contribution in [2.24, 2.45) is 5.92 Å². The third-order valence-electron chi connectivity index (χ3n) is 6.94. The molecule has 1 amide bonds. The highest BCUT2D eigenvalue weighted by Gasteiger charge is 2.20. The zero-order chi connectivity index (χ0) is 25.4. The van der Waals surface area contributed by atoms with Gasteiger partial charge in [0, 0.05) is 35.2 Å². The predicted octanol–water partition coefficient (Wildman–Crippen LogP) is 7.02. The number of nitrogens with zero attached hydrogens (tertiary/aromatic N) is 3. The molecule has 3 aromatic rings. The molecule has 0 aliphatic heterocycles. The van der Waals surface area contributed by atoms with Gasteiger partial charge in [-0.15, -0.1) is 5.10 Å². The molecule has 35 heavy (non-hydrogen) atoms. The molecule has 0 aliphatic rings. The maximum Gasteiger partial charge on any atom is 0.223 e. The standard InChI is InChI=1S/C29H45N5O/c1-7-9-11-12-14-24(13-10-8-2)28(35)30-20-21(3)22-15-17-23(18-16-22)27-31-26-19-25(29(4,5)6)32-34(26)33-27/h15-19,21,24,32H,7-14,20H2,1-6H3,(H,30,35). The number of benzene rings is 1. The minimum atomic E-state index is 0.0286. The van der Waals surface area contributed by atoms with Crippen molar-refractivity contribution in [3.05, 3.63) is 41.6 Å². The number of nitrogens with one attached hydrogen (secondary N) is 2. The highest BCUT2D eigenvalue weighted by atomic mass is 16.1. The quantitative estimate of drug-likeness (QED) is 0.259. The maximum atomic E-state index is 12.9. The van der Waals surface area contributed by atoms with Gasteiger partial charge in [-0.3, -0.25) is 9.89 Å². The van der Waals surface area contributed by atoms with Crippen LogP contribution in [0.25, 0.3) is 17.0 Å².